The zero-order valence-corrected chi connectivity index (χ0v) is 16.5. The van der Waals surface area contributed by atoms with Gasteiger partial charge >= 0.3 is 0 Å². The molecule has 0 radical (unpaired) electrons. The first kappa shape index (κ1) is 19.7. The van der Waals surface area contributed by atoms with Crippen LogP contribution in [0.1, 0.15) is 29.8 Å². The molecule has 1 amide bonds. The number of carbonyl (C=O) groups is 1. The summed E-state index contributed by atoms with van der Waals surface area (Å²) in [5, 5.41) is 2.59. The monoisotopic (exact) mass is 406 g/mol. The van der Waals surface area contributed by atoms with Gasteiger partial charge in [0.25, 0.3) is 15.9 Å². The lowest BCUT2D eigenvalue weighted by molar-refractivity contribution is 0.0991. The topological polar surface area (TPSA) is 79.6 Å². The van der Waals surface area contributed by atoms with Crippen molar-refractivity contribution in [3.8, 4) is 0 Å². The Kier molecular flexibility index (Phi) is 6.41. The molecule has 1 N–H and O–H groups in total. The number of sulfonamides is 1. The zero-order chi connectivity index (χ0) is 19.3. The van der Waals surface area contributed by atoms with Gasteiger partial charge in [-0.2, -0.15) is 4.31 Å². The molecule has 0 atom stereocenters. The summed E-state index contributed by atoms with van der Waals surface area (Å²) in [5.41, 5.74) is 0.645. The molecule has 0 aliphatic carbocycles. The van der Waals surface area contributed by atoms with E-state index in [4.69, 9.17) is 4.42 Å². The Hall–Kier alpha value is -2.03. The lowest BCUT2D eigenvalue weighted by Crippen LogP contribution is -2.35. The third kappa shape index (κ3) is 4.63. The maximum absolute atomic E-state index is 12.6. The van der Waals surface area contributed by atoms with E-state index in [1.54, 1.807) is 23.9 Å². The minimum atomic E-state index is -3.70. The maximum Gasteiger partial charge on any atom is 0.291 e. The van der Waals surface area contributed by atoms with Gasteiger partial charge in [-0.05, 0) is 37.1 Å². The van der Waals surface area contributed by atoms with Crippen LogP contribution in [0.25, 0.3) is 0 Å². The molecule has 144 valence electrons. The third-order valence-electron chi connectivity index (χ3n) is 4.21. The van der Waals surface area contributed by atoms with Crippen LogP contribution in [-0.4, -0.2) is 37.5 Å². The number of anilines is 1. The third-order valence-corrected chi connectivity index (χ3v) is 7.05. The second kappa shape index (κ2) is 8.77. The molecule has 0 saturated carbocycles. The van der Waals surface area contributed by atoms with Crippen LogP contribution >= 0.6 is 11.8 Å². The molecular weight excluding hydrogens is 384 g/mol. The Morgan fingerprint density at radius 1 is 1.19 bits per heavy atom. The number of para-hydroxylation sites is 1. The Labute approximate surface area is 163 Å². The molecule has 3 rings (SSSR count). The van der Waals surface area contributed by atoms with Crippen molar-refractivity contribution in [2.24, 2.45) is 0 Å². The molecule has 0 bridgehead atoms. The van der Waals surface area contributed by atoms with Gasteiger partial charge in [-0.3, -0.25) is 4.79 Å². The molecule has 1 aliphatic heterocycles. The molecule has 0 unspecified atom stereocenters. The van der Waals surface area contributed by atoms with Crippen LogP contribution in [-0.2, 0) is 10.0 Å². The van der Waals surface area contributed by atoms with Gasteiger partial charge in [-0.1, -0.05) is 24.6 Å². The van der Waals surface area contributed by atoms with Crippen molar-refractivity contribution in [2.75, 3.05) is 24.2 Å². The van der Waals surface area contributed by atoms with Gasteiger partial charge in [-0.25, -0.2) is 8.42 Å². The molecule has 1 saturated heterocycles. The Morgan fingerprint density at radius 3 is 2.67 bits per heavy atom. The van der Waals surface area contributed by atoms with Crippen molar-refractivity contribution in [3.05, 3.63) is 54.8 Å². The van der Waals surface area contributed by atoms with E-state index in [1.807, 2.05) is 18.2 Å². The second-order valence-electron chi connectivity index (χ2n) is 6.13. The number of nitrogens with one attached hydrogen (secondary N) is 1. The molecule has 1 aromatic heterocycles. The number of furan rings is 1. The number of amides is 1. The minimum absolute atomic E-state index is 0.0332. The van der Waals surface area contributed by atoms with Gasteiger partial charge in [0.1, 0.15) is 0 Å². The van der Waals surface area contributed by atoms with Crippen LogP contribution < -0.4 is 5.32 Å². The molecule has 27 heavy (non-hydrogen) atoms. The summed E-state index contributed by atoms with van der Waals surface area (Å²) in [6.07, 6.45) is 4.49. The van der Waals surface area contributed by atoms with E-state index in [-0.39, 0.29) is 10.9 Å². The number of benzene rings is 1. The fourth-order valence-corrected chi connectivity index (χ4v) is 5.02. The van der Waals surface area contributed by atoms with E-state index in [2.05, 4.69) is 11.9 Å². The predicted molar refractivity (Wildman–Crippen MR) is 107 cm³/mol. The summed E-state index contributed by atoms with van der Waals surface area (Å²) in [5.74, 6) is 0.196. The van der Waals surface area contributed by atoms with Crippen LogP contribution in [0, 0.1) is 0 Å². The van der Waals surface area contributed by atoms with Crippen LogP contribution in [0.4, 0.5) is 5.69 Å². The Balaban J connectivity index is 1.75. The number of nitrogens with zero attached hydrogens (tertiary/aromatic N) is 1. The molecule has 0 spiro atoms. The van der Waals surface area contributed by atoms with Gasteiger partial charge in [0, 0.05) is 23.7 Å². The fraction of sp³-hybridized carbons (Fsp3) is 0.316. The molecule has 1 fully saturated rings. The molecule has 1 aliphatic rings. The normalized spacial score (nSPS) is 15.4. The van der Waals surface area contributed by atoms with E-state index in [0.29, 0.717) is 24.5 Å². The summed E-state index contributed by atoms with van der Waals surface area (Å²) >= 11 is 1.55. The molecule has 2 heterocycles. The highest BCUT2D eigenvalue weighted by molar-refractivity contribution is 7.99. The van der Waals surface area contributed by atoms with Crippen LogP contribution in [0.15, 0.2) is 63.5 Å². The van der Waals surface area contributed by atoms with Crippen molar-refractivity contribution in [2.45, 2.75) is 29.3 Å². The van der Waals surface area contributed by atoms with Gasteiger partial charge in [0.2, 0.25) is 5.09 Å². The molecule has 6 nitrogen and oxygen atoms in total. The van der Waals surface area contributed by atoms with E-state index in [1.165, 1.54) is 16.4 Å². The van der Waals surface area contributed by atoms with Crippen molar-refractivity contribution >= 4 is 33.4 Å². The average Bonchev–Trinajstić information content (AvgIpc) is 3.19. The number of hydrogen-bond acceptors (Lipinski definition) is 5. The minimum Gasteiger partial charge on any atom is -0.438 e. The van der Waals surface area contributed by atoms with Crippen molar-refractivity contribution in [1.82, 2.24) is 4.31 Å². The van der Waals surface area contributed by atoms with Gasteiger partial charge in [0.05, 0.1) is 5.69 Å². The van der Waals surface area contributed by atoms with Gasteiger partial charge in [-0.15, -0.1) is 18.3 Å². The predicted octanol–water partition coefficient (Wildman–Crippen LogP) is 3.98. The number of hydrogen-bond donors (Lipinski definition) is 1. The highest BCUT2D eigenvalue weighted by Gasteiger charge is 2.29. The number of piperidine rings is 1. The van der Waals surface area contributed by atoms with Crippen molar-refractivity contribution in [1.29, 1.82) is 0 Å². The van der Waals surface area contributed by atoms with Crippen molar-refractivity contribution < 1.29 is 17.6 Å². The van der Waals surface area contributed by atoms with Crippen LogP contribution in [0.3, 0.4) is 0 Å². The zero-order valence-electron chi connectivity index (χ0n) is 14.9. The first-order chi connectivity index (χ1) is 13.0. The SMILES string of the molecule is C=CCSc1ccccc1NC(=O)c1ccc(S(=O)(=O)N2CCCCC2)o1. The maximum atomic E-state index is 12.6. The number of rotatable bonds is 7. The summed E-state index contributed by atoms with van der Waals surface area (Å²) in [6.45, 7) is 4.66. The summed E-state index contributed by atoms with van der Waals surface area (Å²) in [6, 6.07) is 10.1. The number of thioether (sulfide) groups is 1. The molecule has 2 aromatic rings. The van der Waals surface area contributed by atoms with Gasteiger partial charge < -0.3 is 9.73 Å². The lowest BCUT2D eigenvalue weighted by Gasteiger charge is -2.24. The lowest BCUT2D eigenvalue weighted by atomic mass is 10.2. The summed E-state index contributed by atoms with van der Waals surface area (Å²) in [7, 11) is -3.70. The Morgan fingerprint density at radius 2 is 1.93 bits per heavy atom. The van der Waals surface area contributed by atoms with Crippen LogP contribution in [0.5, 0.6) is 0 Å². The number of carbonyl (C=O) groups excluding carboxylic acids is 1. The van der Waals surface area contributed by atoms with E-state index in [9.17, 15) is 13.2 Å². The first-order valence-electron chi connectivity index (χ1n) is 8.76. The second-order valence-corrected chi connectivity index (χ2v) is 9.06. The van der Waals surface area contributed by atoms with Crippen LogP contribution in [0.2, 0.25) is 0 Å². The van der Waals surface area contributed by atoms with E-state index in [0.717, 1.165) is 24.2 Å². The fourth-order valence-electron chi connectivity index (χ4n) is 2.84. The quantitative estimate of drug-likeness (QED) is 0.556. The molecule has 8 heteroatoms. The van der Waals surface area contributed by atoms with E-state index < -0.39 is 15.9 Å². The standard InChI is InChI=1S/C19H22N2O4S2/c1-2-14-26-17-9-5-4-8-15(17)20-19(22)16-10-11-18(25-16)27(23,24)21-12-6-3-7-13-21/h2,4-5,8-11H,1,3,6-7,12-14H2,(H,20,22). The average molecular weight is 407 g/mol. The smallest absolute Gasteiger partial charge is 0.291 e. The first-order valence-corrected chi connectivity index (χ1v) is 11.2. The summed E-state index contributed by atoms with van der Waals surface area (Å²) in [4.78, 5) is 13.4. The molecular formula is C19H22N2O4S2. The highest BCUT2D eigenvalue weighted by atomic mass is 32.2. The van der Waals surface area contributed by atoms with Gasteiger partial charge in [0.15, 0.2) is 5.76 Å². The Bertz CT molecular complexity index is 915. The highest BCUT2D eigenvalue weighted by Crippen LogP contribution is 2.28. The largest absolute Gasteiger partial charge is 0.438 e. The van der Waals surface area contributed by atoms with Crippen molar-refractivity contribution in [3.63, 3.8) is 0 Å². The van der Waals surface area contributed by atoms with E-state index >= 15 is 0 Å². The summed E-state index contributed by atoms with van der Waals surface area (Å²) < 4.78 is 32.1. The molecule has 1 aromatic carbocycles.